The lowest BCUT2D eigenvalue weighted by atomic mass is 10.1. The van der Waals surface area contributed by atoms with E-state index in [9.17, 15) is 9.59 Å². The van der Waals surface area contributed by atoms with Crippen LogP contribution in [0.3, 0.4) is 0 Å². The predicted molar refractivity (Wildman–Crippen MR) is 80.6 cm³/mol. The van der Waals surface area contributed by atoms with E-state index < -0.39 is 0 Å². The molecular weight excluding hydrogens is 258 g/mol. The number of amides is 2. The summed E-state index contributed by atoms with van der Waals surface area (Å²) >= 11 is 0. The van der Waals surface area contributed by atoms with Crippen molar-refractivity contribution in [2.45, 2.75) is 39.7 Å². The highest BCUT2D eigenvalue weighted by atomic mass is 16.2. The standard InChI is InChI=1S/C13H27N5O2/c1-6-7-15-10(19)8-16-12(14-5)17-9-11(20)18-13(2,3)4/h6-9H2,1-5H3,(H,15,19)(H,18,20)(H2,14,16,17). The maximum absolute atomic E-state index is 11.6. The Morgan fingerprint density at radius 1 is 1.00 bits per heavy atom. The van der Waals surface area contributed by atoms with Crippen molar-refractivity contribution in [3.63, 3.8) is 0 Å². The van der Waals surface area contributed by atoms with Gasteiger partial charge >= 0.3 is 0 Å². The molecule has 7 nitrogen and oxygen atoms in total. The summed E-state index contributed by atoms with van der Waals surface area (Å²) in [6.07, 6.45) is 0.895. The second-order valence-electron chi connectivity index (χ2n) is 5.43. The fourth-order valence-electron chi connectivity index (χ4n) is 1.34. The van der Waals surface area contributed by atoms with Crippen LogP contribution in [-0.2, 0) is 9.59 Å². The van der Waals surface area contributed by atoms with E-state index in [1.807, 2.05) is 27.7 Å². The van der Waals surface area contributed by atoms with Crippen molar-refractivity contribution in [3.05, 3.63) is 0 Å². The summed E-state index contributed by atoms with van der Waals surface area (Å²) < 4.78 is 0. The van der Waals surface area contributed by atoms with Gasteiger partial charge in [0.25, 0.3) is 0 Å². The molecule has 0 aromatic rings. The highest BCUT2D eigenvalue weighted by Gasteiger charge is 2.13. The van der Waals surface area contributed by atoms with Crippen molar-refractivity contribution >= 4 is 17.8 Å². The van der Waals surface area contributed by atoms with Gasteiger partial charge in [0.1, 0.15) is 0 Å². The molecule has 4 N–H and O–H groups in total. The summed E-state index contributed by atoms with van der Waals surface area (Å²) in [6.45, 7) is 8.61. The largest absolute Gasteiger partial charge is 0.355 e. The van der Waals surface area contributed by atoms with Gasteiger partial charge in [-0.3, -0.25) is 14.6 Å². The van der Waals surface area contributed by atoms with Crippen LogP contribution in [-0.4, -0.2) is 50.0 Å². The molecule has 0 unspecified atom stereocenters. The quantitative estimate of drug-likeness (QED) is 0.394. The normalized spacial score (nSPS) is 11.8. The smallest absolute Gasteiger partial charge is 0.239 e. The Kier molecular flexibility index (Phi) is 8.35. The minimum Gasteiger partial charge on any atom is -0.355 e. The Morgan fingerprint density at radius 2 is 1.55 bits per heavy atom. The van der Waals surface area contributed by atoms with Gasteiger partial charge in [-0.2, -0.15) is 0 Å². The molecule has 0 saturated heterocycles. The monoisotopic (exact) mass is 285 g/mol. The molecule has 0 heterocycles. The minimum absolute atomic E-state index is 0.103. The van der Waals surface area contributed by atoms with Gasteiger partial charge in [-0.1, -0.05) is 6.92 Å². The average Bonchev–Trinajstić information content (AvgIpc) is 2.34. The maximum atomic E-state index is 11.6. The molecule has 0 bridgehead atoms. The van der Waals surface area contributed by atoms with Crippen LogP contribution >= 0.6 is 0 Å². The van der Waals surface area contributed by atoms with E-state index in [0.717, 1.165) is 6.42 Å². The van der Waals surface area contributed by atoms with Gasteiger partial charge in [0.05, 0.1) is 13.1 Å². The van der Waals surface area contributed by atoms with Crippen LogP contribution < -0.4 is 21.3 Å². The Labute approximate surface area is 121 Å². The van der Waals surface area contributed by atoms with Crippen molar-refractivity contribution in [1.82, 2.24) is 21.3 Å². The Morgan fingerprint density at radius 3 is 2.00 bits per heavy atom. The third-order valence-electron chi connectivity index (χ3n) is 2.14. The lowest BCUT2D eigenvalue weighted by Gasteiger charge is -2.21. The van der Waals surface area contributed by atoms with Crippen molar-refractivity contribution in [2.75, 3.05) is 26.7 Å². The summed E-state index contributed by atoms with van der Waals surface area (Å²) in [6, 6.07) is 0. The van der Waals surface area contributed by atoms with E-state index in [4.69, 9.17) is 0 Å². The van der Waals surface area contributed by atoms with E-state index in [1.165, 1.54) is 0 Å². The molecule has 0 aromatic carbocycles. The fraction of sp³-hybridized carbons (Fsp3) is 0.769. The number of aliphatic imine (C=N–C) groups is 1. The van der Waals surface area contributed by atoms with E-state index in [-0.39, 0.29) is 30.4 Å². The lowest BCUT2D eigenvalue weighted by Crippen LogP contribution is -2.49. The maximum Gasteiger partial charge on any atom is 0.239 e. The van der Waals surface area contributed by atoms with E-state index in [2.05, 4.69) is 26.3 Å². The second-order valence-corrected chi connectivity index (χ2v) is 5.43. The number of nitrogens with zero attached hydrogens (tertiary/aromatic N) is 1. The molecule has 116 valence electrons. The fourth-order valence-corrected chi connectivity index (χ4v) is 1.34. The van der Waals surface area contributed by atoms with Gasteiger partial charge in [0.2, 0.25) is 11.8 Å². The number of guanidine groups is 1. The van der Waals surface area contributed by atoms with Crippen LogP contribution in [0.1, 0.15) is 34.1 Å². The molecule has 0 radical (unpaired) electrons. The van der Waals surface area contributed by atoms with E-state index >= 15 is 0 Å². The van der Waals surface area contributed by atoms with Crippen molar-refractivity contribution in [2.24, 2.45) is 4.99 Å². The zero-order valence-electron chi connectivity index (χ0n) is 13.1. The number of rotatable bonds is 6. The Balaban J connectivity index is 4.00. The van der Waals surface area contributed by atoms with Crippen molar-refractivity contribution in [1.29, 1.82) is 0 Å². The zero-order valence-corrected chi connectivity index (χ0v) is 13.1. The van der Waals surface area contributed by atoms with Crippen LogP contribution in [0.25, 0.3) is 0 Å². The molecule has 0 atom stereocenters. The molecular formula is C13H27N5O2. The van der Waals surface area contributed by atoms with Crippen LogP contribution in [0, 0.1) is 0 Å². The van der Waals surface area contributed by atoms with Crippen molar-refractivity contribution < 1.29 is 9.59 Å². The summed E-state index contributed by atoms with van der Waals surface area (Å²) in [5.74, 6) is 0.186. The van der Waals surface area contributed by atoms with Crippen LogP contribution in [0.15, 0.2) is 4.99 Å². The van der Waals surface area contributed by atoms with Gasteiger partial charge in [0.15, 0.2) is 5.96 Å². The van der Waals surface area contributed by atoms with Gasteiger partial charge in [0, 0.05) is 19.1 Å². The lowest BCUT2D eigenvalue weighted by molar-refractivity contribution is -0.121. The molecule has 20 heavy (non-hydrogen) atoms. The molecule has 0 aromatic heterocycles. The van der Waals surface area contributed by atoms with Gasteiger partial charge in [-0.25, -0.2) is 0 Å². The van der Waals surface area contributed by atoms with Gasteiger partial charge in [-0.15, -0.1) is 0 Å². The zero-order chi connectivity index (χ0) is 15.6. The minimum atomic E-state index is -0.268. The first-order chi connectivity index (χ1) is 9.28. The van der Waals surface area contributed by atoms with Crippen LogP contribution in [0.4, 0.5) is 0 Å². The third-order valence-corrected chi connectivity index (χ3v) is 2.14. The molecule has 7 heteroatoms. The first kappa shape index (κ1) is 18.2. The molecule has 0 rings (SSSR count). The number of nitrogens with one attached hydrogen (secondary N) is 4. The van der Waals surface area contributed by atoms with Gasteiger partial charge in [-0.05, 0) is 27.2 Å². The predicted octanol–water partition coefficient (Wildman–Crippen LogP) is -0.408. The first-order valence-corrected chi connectivity index (χ1v) is 6.80. The molecule has 2 amide bonds. The molecule has 0 aliphatic rings. The number of carbonyl (C=O) groups excluding carboxylic acids is 2. The summed E-state index contributed by atoms with van der Waals surface area (Å²) in [4.78, 5) is 27.0. The Hall–Kier alpha value is -1.79. The topological polar surface area (TPSA) is 94.6 Å². The van der Waals surface area contributed by atoms with Crippen molar-refractivity contribution in [3.8, 4) is 0 Å². The van der Waals surface area contributed by atoms with Gasteiger partial charge < -0.3 is 21.3 Å². The second kappa shape index (κ2) is 9.17. The number of hydrogen-bond acceptors (Lipinski definition) is 3. The highest BCUT2D eigenvalue weighted by molar-refractivity contribution is 5.89. The Bertz CT molecular complexity index is 347. The van der Waals surface area contributed by atoms with Crippen LogP contribution in [0.5, 0.6) is 0 Å². The highest BCUT2D eigenvalue weighted by Crippen LogP contribution is 1.96. The summed E-state index contributed by atoms with van der Waals surface area (Å²) in [5, 5.41) is 11.3. The van der Waals surface area contributed by atoms with Crippen LogP contribution in [0.2, 0.25) is 0 Å². The first-order valence-electron chi connectivity index (χ1n) is 6.80. The SMILES string of the molecule is CCCNC(=O)CNC(=NC)NCC(=O)NC(C)(C)C. The molecule has 0 aliphatic carbocycles. The number of carbonyl (C=O) groups is 2. The average molecular weight is 285 g/mol. The molecule has 0 spiro atoms. The number of hydrogen-bond donors (Lipinski definition) is 4. The molecule has 0 saturated carbocycles. The summed E-state index contributed by atoms with van der Waals surface area (Å²) in [5.41, 5.74) is -0.268. The molecule has 0 fully saturated rings. The van der Waals surface area contributed by atoms with E-state index in [1.54, 1.807) is 7.05 Å². The molecule has 0 aliphatic heterocycles. The van der Waals surface area contributed by atoms with E-state index in [0.29, 0.717) is 12.5 Å². The third kappa shape index (κ3) is 10.2. The summed E-state index contributed by atoms with van der Waals surface area (Å²) in [7, 11) is 1.58.